The molecule has 1 aromatic carbocycles. The number of fused-ring (bicyclic) bond motifs is 1. The molecular formula is C14H19NO4S. The Morgan fingerprint density at radius 1 is 1.25 bits per heavy atom. The van der Waals surface area contributed by atoms with Gasteiger partial charge in [0.1, 0.15) is 17.6 Å². The third-order valence-corrected chi connectivity index (χ3v) is 6.97. The first-order chi connectivity index (χ1) is 9.51. The zero-order valence-corrected chi connectivity index (χ0v) is 12.2. The predicted molar refractivity (Wildman–Crippen MR) is 75.4 cm³/mol. The highest BCUT2D eigenvalue weighted by Gasteiger charge is 2.45. The third-order valence-electron chi connectivity index (χ3n) is 4.23. The van der Waals surface area contributed by atoms with Gasteiger partial charge in [-0.1, -0.05) is 18.2 Å². The van der Waals surface area contributed by atoms with Crippen LogP contribution >= 0.6 is 0 Å². The van der Waals surface area contributed by atoms with Crippen molar-refractivity contribution in [1.29, 1.82) is 0 Å². The topological polar surface area (TPSA) is 78.6 Å². The molecule has 110 valence electrons. The molecule has 0 aliphatic carbocycles. The van der Waals surface area contributed by atoms with E-state index in [2.05, 4.69) is 0 Å². The number of hydrogen-bond acceptors (Lipinski definition) is 5. The van der Waals surface area contributed by atoms with Crippen LogP contribution in [0.2, 0.25) is 0 Å². The second-order valence-electron chi connectivity index (χ2n) is 5.41. The maximum absolute atomic E-state index is 12.8. The van der Waals surface area contributed by atoms with Crippen LogP contribution in [0.4, 0.5) is 0 Å². The Morgan fingerprint density at radius 2 is 2.00 bits per heavy atom. The second kappa shape index (κ2) is 5.02. The van der Waals surface area contributed by atoms with Crippen LogP contribution in [0.15, 0.2) is 24.3 Å². The van der Waals surface area contributed by atoms with E-state index in [-0.39, 0.29) is 12.7 Å². The Hall–Kier alpha value is -1.11. The van der Waals surface area contributed by atoms with Crippen LogP contribution in [0.25, 0.3) is 0 Å². The van der Waals surface area contributed by atoms with E-state index in [0.717, 1.165) is 5.56 Å². The molecule has 1 fully saturated rings. The monoisotopic (exact) mass is 297 g/mol. The molecule has 2 aliphatic heterocycles. The van der Waals surface area contributed by atoms with Crippen LogP contribution in [0.3, 0.4) is 0 Å². The highest BCUT2D eigenvalue weighted by Crippen LogP contribution is 2.36. The molecule has 0 radical (unpaired) electrons. The van der Waals surface area contributed by atoms with Crippen molar-refractivity contribution in [3.05, 3.63) is 29.8 Å². The molecule has 0 bridgehead atoms. The van der Waals surface area contributed by atoms with Gasteiger partial charge in [-0.05, 0) is 19.4 Å². The van der Waals surface area contributed by atoms with Gasteiger partial charge >= 0.3 is 0 Å². The molecule has 5 nitrogen and oxygen atoms in total. The number of rotatable bonds is 2. The van der Waals surface area contributed by atoms with Crippen LogP contribution in [0.1, 0.15) is 24.9 Å². The van der Waals surface area contributed by atoms with E-state index in [9.17, 15) is 8.42 Å². The molecule has 0 amide bonds. The molecule has 1 saturated heterocycles. The molecular weight excluding hydrogens is 278 g/mol. The van der Waals surface area contributed by atoms with Crippen molar-refractivity contribution in [2.24, 2.45) is 5.73 Å². The molecule has 0 saturated carbocycles. The first-order valence-electron chi connectivity index (χ1n) is 6.83. The van der Waals surface area contributed by atoms with Gasteiger partial charge in [-0.2, -0.15) is 0 Å². The molecule has 0 aromatic heterocycles. The summed E-state index contributed by atoms with van der Waals surface area (Å²) >= 11 is 0. The second-order valence-corrected chi connectivity index (χ2v) is 7.79. The summed E-state index contributed by atoms with van der Waals surface area (Å²) in [6.45, 7) is 2.41. The minimum atomic E-state index is -3.38. The fourth-order valence-electron chi connectivity index (χ4n) is 3.03. The maximum Gasteiger partial charge on any atom is 0.163 e. The van der Waals surface area contributed by atoms with E-state index in [1.54, 1.807) is 6.92 Å². The molecule has 1 aromatic rings. The van der Waals surface area contributed by atoms with Gasteiger partial charge in [-0.15, -0.1) is 0 Å². The van der Waals surface area contributed by atoms with Crippen LogP contribution in [0.5, 0.6) is 5.75 Å². The predicted octanol–water partition coefficient (Wildman–Crippen LogP) is 1.04. The van der Waals surface area contributed by atoms with E-state index in [1.165, 1.54) is 0 Å². The smallest absolute Gasteiger partial charge is 0.163 e. The zero-order valence-electron chi connectivity index (χ0n) is 11.4. The number of benzene rings is 1. The summed E-state index contributed by atoms with van der Waals surface area (Å²) < 4.78 is 36.5. The van der Waals surface area contributed by atoms with E-state index in [1.807, 2.05) is 24.3 Å². The molecule has 3 rings (SSSR count). The van der Waals surface area contributed by atoms with Gasteiger partial charge in [0.15, 0.2) is 9.84 Å². The van der Waals surface area contributed by atoms with Crippen molar-refractivity contribution in [2.75, 3.05) is 13.2 Å². The number of nitrogens with two attached hydrogens (primary N) is 1. The Labute approximate surface area is 119 Å². The van der Waals surface area contributed by atoms with Crippen molar-refractivity contribution in [3.8, 4) is 5.75 Å². The average molecular weight is 297 g/mol. The van der Waals surface area contributed by atoms with Crippen molar-refractivity contribution in [1.82, 2.24) is 0 Å². The molecule has 4 unspecified atom stereocenters. The van der Waals surface area contributed by atoms with Crippen LogP contribution in [-0.2, 0) is 14.6 Å². The van der Waals surface area contributed by atoms with Gasteiger partial charge < -0.3 is 15.2 Å². The van der Waals surface area contributed by atoms with Gasteiger partial charge in [0, 0.05) is 12.2 Å². The normalized spacial score (nSPS) is 33.5. The molecule has 0 spiro atoms. The quantitative estimate of drug-likeness (QED) is 0.882. The fraction of sp³-hybridized carbons (Fsp3) is 0.571. The molecule has 2 heterocycles. The lowest BCUT2D eigenvalue weighted by molar-refractivity contribution is 0.126. The summed E-state index contributed by atoms with van der Waals surface area (Å²) in [6.07, 6.45) is 0.262. The molecule has 20 heavy (non-hydrogen) atoms. The summed E-state index contributed by atoms with van der Waals surface area (Å²) in [4.78, 5) is 0. The minimum absolute atomic E-state index is 0.115. The third kappa shape index (κ3) is 2.12. The highest BCUT2D eigenvalue weighted by molar-refractivity contribution is 7.92. The number of para-hydroxylation sites is 1. The average Bonchev–Trinajstić information content (AvgIpc) is 2.86. The Bertz CT molecular complexity index is 601. The lowest BCUT2D eigenvalue weighted by Crippen LogP contribution is -2.47. The molecule has 2 N–H and O–H groups in total. The van der Waals surface area contributed by atoms with Gasteiger partial charge in [-0.3, -0.25) is 0 Å². The fourth-order valence-corrected chi connectivity index (χ4v) is 5.33. The lowest BCUT2D eigenvalue weighted by atomic mass is 10.0. The van der Waals surface area contributed by atoms with Crippen LogP contribution in [0, 0.1) is 0 Å². The number of sulfone groups is 1. The largest absolute Gasteiger partial charge is 0.492 e. The van der Waals surface area contributed by atoms with Crippen LogP contribution in [-0.4, -0.2) is 38.2 Å². The van der Waals surface area contributed by atoms with Crippen molar-refractivity contribution < 1.29 is 17.9 Å². The maximum atomic E-state index is 12.8. The lowest BCUT2D eigenvalue weighted by Gasteiger charge is -2.33. The van der Waals surface area contributed by atoms with E-state index < -0.39 is 26.4 Å². The molecule has 6 heteroatoms. The summed E-state index contributed by atoms with van der Waals surface area (Å²) in [5, 5.41) is -1.18. The summed E-state index contributed by atoms with van der Waals surface area (Å²) in [7, 11) is -3.38. The van der Waals surface area contributed by atoms with Gasteiger partial charge in [-0.25, -0.2) is 8.42 Å². The molecule has 2 aliphatic rings. The Kier molecular flexibility index (Phi) is 3.48. The van der Waals surface area contributed by atoms with E-state index in [0.29, 0.717) is 18.8 Å². The van der Waals surface area contributed by atoms with Crippen LogP contribution < -0.4 is 10.5 Å². The van der Waals surface area contributed by atoms with Gasteiger partial charge in [0.2, 0.25) is 0 Å². The van der Waals surface area contributed by atoms with Crippen molar-refractivity contribution in [2.45, 2.75) is 36.0 Å². The first-order valence-corrected chi connectivity index (χ1v) is 8.44. The standard InChI is InChI=1S/C14H19NO4S/c1-9-12(6-7-18-9)20(16,17)13-8-19-11-5-3-2-4-10(11)14(13)15/h2-5,9,12-14H,6-8,15H2,1H3. The number of hydrogen-bond donors (Lipinski definition) is 1. The van der Waals surface area contributed by atoms with Gasteiger partial charge in [0.25, 0.3) is 0 Å². The van der Waals surface area contributed by atoms with E-state index >= 15 is 0 Å². The zero-order chi connectivity index (χ0) is 14.3. The Morgan fingerprint density at radius 3 is 2.70 bits per heavy atom. The van der Waals surface area contributed by atoms with E-state index in [4.69, 9.17) is 15.2 Å². The highest BCUT2D eigenvalue weighted by atomic mass is 32.2. The summed E-state index contributed by atoms with van der Waals surface area (Å²) in [5.41, 5.74) is 6.95. The van der Waals surface area contributed by atoms with Gasteiger partial charge in [0.05, 0.1) is 17.4 Å². The van der Waals surface area contributed by atoms with Crippen molar-refractivity contribution >= 4 is 9.84 Å². The number of ether oxygens (including phenoxy) is 2. The minimum Gasteiger partial charge on any atom is -0.492 e. The summed E-state index contributed by atoms with van der Waals surface area (Å²) in [6, 6.07) is 6.80. The SMILES string of the molecule is CC1OCCC1S(=O)(=O)C1COc2ccccc2C1N. The summed E-state index contributed by atoms with van der Waals surface area (Å²) in [5.74, 6) is 0.683. The Balaban J connectivity index is 1.92. The first kappa shape index (κ1) is 13.9. The van der Waals surface area contributed by atoms with Crippen molar-refractivity contribution in [3.63, 3.8) is 0 Å². The molecule has 4 atom stereocenters.